The van der Waals surface area contributed by atoms with Crippen molar-refractivity contribution in [3.63, 3.8) is 0 Å². The Hall–Kier alpha value is -3.04. The first-order valence-corrected chi connectivity index (χ1v) is 9.86. The molecule has 27 heavy (non-hydrogen) atoms. The van der Waals surface area contributed by atoms with E-state index in [9.17, 15) is 14.4 Å². The molecule has 2 aromatic heterocycles. The van der Waals surface area contributed by atoms with E-state index in [2.05, 4.69) is 20.9 Å². The highest BCUT2D eigenvalue weighted by Crippen LogP contribution is 2.28. The number of fused-ring (bicyclic) bond motifs is 1. The molecule has 1 unspecified atom stereocenters. The molecule has 3 aromatic rings. The zero-order valence-corrected chi connectivity index (χ0v) is 15.5. The molecular weight excluding hydrogens is 384 g/mol. The summed E-state index contributed by atoms with van der Waals surface area (Å²) >= 11 is 2.87. The van der Waals surface area contributed by atoms with Crippen LogP contribution >= 0.6 is 22.7 Å². The monoisotopic (exact) mass is 398 g/mol. The van der Waals surface area contributed by atoms with Gasteiger partial charge in [-0.1, -0.05) is 18.2 Å². The number of nitrogens with one attached hydrogen (secondary N) is 3. The molecular formula is C18H14N4O3S2. The summed E-state index contributed by atoms with van der Waals surface area (Å²) in [6.45, 7) is 0. The minimum Gasteiger partial charge on any atom is -0.340 e. The van der Waals surface area contributed by atoms with Crippen molar-refractivity contribution < 1.29 is 14.4 Å². The van der Waals surface area contributed by atoms with Crippen LogP contribution in [0, 0.1) is 0 Å². The van der Waals surface area contributed by atoms with Crippen LogP contribution in [0.2, 0.25) is 0 Å². The number of para-hydroxylation sites is 1. The normalized spacial score (nSPS) is 16.1. The van der Waals surface area contributed by atoms with Crippen LogP contribution in [0.25, 0.3) is 10.6 Å². The Balaban J connectivity index is 1.42. The number of carbonyl (C=O) groups excluding carboxylic acids is 3. The van der Waals surface area contributed by atoms with Crippen molar-refractivity contribution in [1.82, 2.24) is 10.3 Å². The highest BCUT2D eigenvalue weighted by atomic mass is 32.1. The molecule has 136 valence electrons. The quantitative estimate of drug-likeness (QED) is 0.629. The molecule has 3 N–H and O–H groups in total. The average molecular weight is 398 g/mol. The SMILES string of the molecule is O=C(CC1NC(=O)c2ccccc2NC1=O)Nc1nc(-c2cccs2)cs1. The Morgan fingerprint density at radius 2 is 2.00 bits per heavy atom. The molecule has 3 amide bonds. The Labute approximate surface area is 162 Å². The number of rotatable bonds is 4. The highest BCUT2D eigenvalue weighted by molar-refractivity contribution is 7.16. The van der Waals surface area contributed by atoms with Gasteiger partial charge in [-0.3, -0.25) is 14.4 Å². The lowest BCUT2D eigenvalue weighted by atomic mass is 10.1. The standard InChI is InChI=1S/C18H14N4O3S2/c23-15(22-18-21-13(9-27-18)14-6-3-7-26-14)8-12-17(25)19-11-5-2-1-4-10(11)16(24)20-12/h1-7,9,12H,8H2,(H,19,25)(H,20,24)(H,21,22,23). The summed E-state index contributed by atoms with van der Waals surface area (Å²) in [5, 5.41) is 12.2. The van der Waals surface area contributed by atoms with Gasteiger partial charge in [-0.15, -0.1) is 22.7 Å². The number of carbonyl (C=O) groups is 3. The van der Waals surface area contributed by atoms with Gasteiger partial charge in [-0.2, -0.15) is 0 Å². The van der Waals surface area contributed by atoms with Gasteiger partial charge in [-0.25, -0.2) is 4.98 Å². The van der Waals surface area contributed by atoms with Crippen LogP contribution < -0.4 is 16.0 Å². The van der Waals surface area contributed by atoms with E-state index in [0.717, 1.165) is 10.6 Å². The third-order valence-electron chi connectivity index (χ3n) is 3.97. The number of hydrogen-bond acceptors (Lipinski definition) is 6. The third kappa shape index (κ3) is 3.74. The van der Waals surface area contributed by atoms with Crippen LogP contribution in [-0.2, 0) is 9.59 Å². The van der Waals surface area contributed by atoms with Gasteiger partial charge in [0.2, 0.25) is 11.8 Å². The second-order valence-corrected chi connectivity index (χ2v) is 7.63. The fourth-order valence-corrected chi connectivity index (χ4v) is 4.17. The van der Waals surface area contributed by atoms with E-state index in [4.69, 9.17) is 0 Å². The summed E-state index contributed by atoms with van der Waals surface area (Å²) < 4.78 is 0. The second kappa shape index (κ2) is 7.29. The Bertz CT molecular complexity index is 1010. The lowest BCUT2D eigenvalue weighted by Gasteiger charge is -2.13. The number of nitrogens with zero attached hydrogens (tertiary/aromatic N) is 1. The molecule has 1 aliphatic heterocycles. The molecule has 0 aliphatic carbocycles. The number of thiazole rings is 1. The van der Waals surface area contributed by atoms with Crippen LogP contribution in [0.4, 0.5) is 10.8 Å². The summed E-state index contributed by atoms with van der Waals surface area (Å²) in [6.07, 6.45) is -0.181. The average Bonchev–Trinajstić information content (AvgIpc) is 3.31. The number of aromatic nitrogens is 1. The lowest BCUT2D eigenvalue weighted by molar-refractivity contribution is -0.122. The van der Waals surface area contributed by atoms with E-state index >= 15 is 0 Å². The maximum atomic E-state index is 12.4. The van der Waals surface area contributed by atoms with E-state index in [-0.39, 0.29) is 6.42 Å². The number of anilines is 2. The maximum absolute atomic E-state index is 12.4. The van der Waals surface area contributed by atoms with E-state index < -0.39 is 23.8 Å². The molecule has 0 saturated heterocycles. The maximum Gasteiger partial charge on any atom is 0.254 e. The number of benzene rings is 1. The van der Waals surface area contributed by atoms with Gasteiger partial charge in [0.1, 0.15) is 6.04 Å². The molecule has 7 nitrogen and oxygen atoms in total. The summed E-state index contributed by atoms with van der Waals surface area (Å²) in [7, 11) is 0. The van der Waals surface area contributed by atoms with Crippen LogP contribution in [0.15, 0.2) is 47.2 Å². The van der Waals surface area contributed by atoms with Gasteiger partial charge in [0.05, 0.1) is 28.2 Å². The second-order valence-electron chi connectivity index (χ2n) is 5.83. The Morgan fingerprint density at radius 1 is 1.15 bits per heavy atom. The molecule has 0 spiro atoms. The molecule has 4 rings (SSSR count). The van der Waals surface area contributed by atoms with Crippen molar-refractivity contribution in [2.75, 3.05) is 10.6 Å². The summed E-state index contributed by atoms with van der Waals surface area (Å²) in [4.78, 5) is 42.4. The largest absolute Gasteiger partial charge is 0.340 e. The highest BCUT2D eigenvalue weighted by Gasteiger charge is 2.29. The van der Waals surface area contributed by atoms with Crippen molar-refractivity contribution in [3.8, 4) is 10.6 Å². The smallest absolute Gasteiger partial charge is 0.254 e. The van der Waals surface area contributed by atoms with E-state index in [1.807, 2.05) is 22.9 Å². The molecule has 0 saturated carbocycles. The molecule has 9 heteroatoms. The van der Waals surface area contributed by atoms with Gasteiger partial charge >= 0.3 is 0 Å². The summed E-state index contributed by atoms with van der Waals surface area (Å²) in [5.41, 5.74) is 1.60. The molecule has 1 aromatic carbocycles. The number of amides is 3. The third-order valence-corrected chi connectivity index (χ3v) is 5.62. The Kier molecular flexibility index (Phi) is 4.69. The van der Waals surface area contributed by atoms with Crippen molar-refractivity contribution >= 4 is 51.2 Å². The van der Waals surface area contributed by atoms with E-state index in [1.54, 1.807) is 35.6 Å². The minimum absolute atomic E-state index is 0.181. The zero-order chi connectivity index (χ0) is 18.8. The molecule has 0 bridgehead atoms. The van der Waals surface area contributed by atoms with Gasteiger partial charge in [-0.05, 0) is 23.6 Å². The van der Waals surface area contributed by atoms with Crippen LogP contribution in [0.5, 0.6) is 0 Å². The topological polar surface area (TPSA) is 100 Å². The number of hydrogen-bond donors (Lipinski definition) is 3. The Morgan fingerprint density at radius 3 is 2.81 bits per heavy atom. The summed E-state index contributed by atoms with van der Waals surface area (Å²) in [6, 6.07) is 9.64. The van der Waals surface area contributed by atoms with Crippen LogP contribution in [-0.4, -0.2) is 28.7 Å². The molecule has 0 radical (unpaired) electrons. The van der Waals surface area contributed by atoms with E-state index in [0.29, 0.717) is 16.4 Å². The molecule has 1 atom stereocenters. The molecule has 1 aliphatic rings. The predicted molar refractivity (Wildman–Crippen MR) is 105 cm³/mol. The van der Waals surface area contributed by atoms with Crippen LogP contribution in [0.1, 0.15) is 16.8 Å². The fourth-order valence-electron chi connectivity index (χ4n) is 2.68. The molecule has 3 heterocycles. The van der Waals surface area contributed by atoms with Gasteiger partial charge in [0.25, 0.3) is 5.91 Å². The zero-order valence-electron chi connectivity index (χ0n) is 13.9. The summed E-state index contributed by atoms with van der Waals surface area (Å²) in [5.74, 6) is -1.22. The minimum atomic E-state index is -0.957. The van der Waals surface area contributed by atoms with Gasteiger partial charge in [0, 0.05) is 5.38 Å². The first-order chi connectivity index (χ1) is 13.1. The first kappa shape index (κ1) is 17.4. The van der Waals surface area contributed by atoms with E-state index in [1.165, 1.54) is 11.3 Å². The van der Waals surface area contributed by atoms with Crippen molar-refractivity contribution in [2.24, 2.45) is 0 Å². The first-order valence-electron chi connectivity index (χ1n) is 8.10. The molecule has 0 fully saturated rings. The van der Waals surface area contributed by atoms with Crippen molar-refractivity contribution in [1.29, 1.82) is 0 Å². The van der Waals surface area contributed by atoms with Gasteiger partial charge in [0.15, 0.2) is 5.13 Å². The lowest BCUT2D eigenvalue weighted by Crippen LogP contribution is -2.43. The van der Waals surface area contributed by atoms with Crippen molar-refractivity contribution in [3.05, 3.63) is 52.7 Å². The van der Waals surface area contributed by atoms with Crippen LogP contribution in [0.3, 0.4) is 0 Å². The number of thiophene rings is 1. The fraction of sp³-hybridized carbons (Fsp3) is 0.111. The van der Waals surface area contributed by atoms with Crippen molar-refractivity contribution in [2.45, 2.75) is 12.5 Å². The predicted octanol–water partition coefficient (Wildman–Crippen LogP) is 2.95. The van der Waals surface area contributed by atoms with Gasteiger partial charge < -0.3 is 16.0 Å².